The number of benzene rings is 1. The van der Waals surface area contributed by atoms with Crippen molar-refractivity contribution < 1.29 is 19.7 Å². The standard InChI is InChI=1S/C16H19N3O4/c1-10(2)23-12-5-3-11(4-6-12)14(20)8-19-15-9-17-13(7-18-15)16(21)22/h3-7,9-10,14,20H,8H2,1-2H3,(H,18,19)(H,21,22). The van der Waals surface area contributed by atoms with Crippen molar-refractivity contribution in [1.82, 2.24) is 9.97 Å². The summed E-state index contributed by atoms with van der Waals surface area (Å²) in [6.45, 7) is 4.12. The first-order valence-electron chi connectivity index (χ1n) is 7.19. The van der Waals surface area contributed by atoms with Gasteiger partial charge in [0.2, 0.25) is 0 Å². The van der Waals surface area contributed by atoms with Gasteiger partial charge in [-0.3, -0.25) is 0 Å². The average molecular weight is 317 g/mol. The van der Waals surface area contributed by atoms with Gasteiger partial charge in [-0.25, -0.2) is 14.8 Å². The van der Waals surface area contributed by atoms with Crippen molar-refractivity contribution in [1.29, 1.82) is 0 Å². The van der Waals surface area contributed by atoms with E-state index in [9.17, 15) is 9.90 Å². The summed E-state index contributed by atoms with van der Waals surface area (Å²) in [5, 5.41) is 21.8. The number of aliphatic hydroxyl groups is 1. The van der Waals surface area contributed by atoms with Gasteiger partial charge in [-0.1, -0.05) is 12.1 Å². The molecule has 0 amide bonds. The molecule has 0 saturated heterocycles. The molecule has 0 bridgehead atoms. The summed E-state index contributed by atoms with van der Waals surface area (Å²) in [7, 11) is 0. The summed E-state index contributed by atoms with van der Waals surface area (Å²) in [5.41, 5.74) is 0.612. The van der Waals surface area contributed by atoms with Crippen LogP contribution in [0.1, 0.15) is 36.0 Å². The molecule has 1 atom stereocenters. The molecule has 2 rings (SSSR count). The number of hydrogen-bond donors (Lipinski definition) is 3. The summed E-state index contributed by atoms with van der Waals surface area (Å²) >= 11 is 0. The molecular weight excluding hydrogens is 298 g/mol. The van der Waals surface area contributed by atoms with Gasteiger partial charge < -0.3 is 20.3 Å². The molecule has 7 heteroatoms. The molecule has 0 aliphatic carbocycles. The molecule has 0 spiro atoms. The monoisotopic (exact) mass is 317 g/mol. The van der Waals surface area contributed by atoms with Gasteiger partial charge in [0.05, 0.1) is 24.6 Å². The second kappa shape index (κ2) is 7.55. The highest BCUT2D eigenvalue weighted by Crippen LogP contribution is 2.19. The molecule has 122 valence electrons. The summed E-state index contributed by atoms with van der Waals surface area (Å²) in [5.74, 6) is 0.0145. The topological polar surface area (TPSA) is 105 Å². The molecule has 1 unspecified atom stereocenters. The van der Waals surface area contributed by atoms with E-state index in [4.69, 9.17) is 9.84 Å². The van der Waals surface area contributed by atoms with Crippen LogP contribution >= 0.6 is 0 Å². The highest BCUT2D eigenvalue weighted by atomic mass is 16.5. The third-order valence-electron chi connectivity index (χ3n) is 2.98. The summed E-state index contributed by atoms with van der Waals surface area (Å²) in [6, 6.07) is 7.20. The van der Waals surface area contributed by atoms with Crippen LogP contribution < -0.4 is 10.1 Å². The first-order valence-corrected chi connectivity index (χ1v) is 7.19. The van der Waals surface area contributed by atoms with Crippen LogP contribution in [0.3, 0.4) is 0 Å². The van der Waals surface area contributed by atoms with Gasteiger partial charge in [0.1, 0.15) is 11.6 Å². The zero-order chi connectivity index (χ0) is 16.8. The van der Waals surface area contributed by atoms with E-state index in [-0.39, 0.29) is 18.3 Å². The SMILES string of the molecule is CC(C)Oc1ccc(C(O)CNc2cnc(C(=O)O)cn2)cc1. The van der Waals surface area contributed by atoms with E-state index in [1.54, 1.807) is 24.3 Å². The minimum absolute atomic E-state index is 0.0970. The predicted molar refractivity (Wildman–Crippen MR) is 84.6 cm³/mol. The van der Waals surface area contributed by atoms with E-state index in [1.807, 2.05) is 13.8 Å². The van der Waals surface area contributed by atoms with Crippen molar-refractivity contribution in [3.63, 3.8) is 0 Å². The number of carboxylic acids is 1. The van der Waals surface area contributed by atoms with Crippen LogP contribution in [0.5, 0.6) is 5.75 Å². The number of rotatable bonds is 7. The highest BCUT2D eigenvalue weighted by molar-refractivity contribution is 5.84. The van der Waals surface area contributed by atoms with Crippen molar-refractivity contribution in [3.05, 3.63) is 47.9 Å². The summed E-state index contributed by atoms with van der Waals surface area (Å²) < 4.78 is 5.55. The van der Waals surface area contributed by atoms with Gasteiger partial charge in [-0.2, -0.15) is 0 Å². The van der Waals surface area contributed by atoms with Crippen LogP contribution in [-0.2, 0) is 0 Å². The Bertz CT molecular complexity index is 641. The Kier molecular flexibility index (Phi) is 5.48. The Morgan fingerprint density at radius 2 is 1.91 bits per heavy atom. The van der Waals surface area contributed by atoms with E-state index in [1.165, 1.54) is 6.20 Å². The molecule has 3 N–H and O–H groups in total. The largest absolute Gasteiger partial charge is 0.491 e. The quantitative estimate of drug-likeness (QED) is 0.718. The van der Waals surface area contributed by atoms with Crippen molar-refractivity contribution in [2.75, 3.05) is 11.9 Å². The number of nitrogens with one attached hydrogen (secondary N) is 1. The Balaban J connectivity index is 1.91. The molecule has 1 aromatic carbocycles. The number of carboxylic acid groups (broad SMARTS) is 1. The van der Waals surface area contributed by atoms with E-state index in [0.717, 1.165) is 17.5 Å². The van der Waals surface area contributed by atoms with Gasteiger partial charge >= 0.3 is 5.97 Å². The zero-order valence-electron chi connectivity index (χ0n) is 12.9. The van der Waals surface area contributed by atoms with Gasteiger partial charge in [-0.15, -0.1) is 0 Å². The lowest BCUT2D eigenvalue weighted by atomic mass is 10.1. The predicted octanol–water partition coefficient (Wildman–Crippen LogP) is 2.11. The van der Waals surface area contributed by atoms with Crippen LogP contribution in [-0.4, -0.2) is 38.8 Å². The van der Waals surface area contributed by atoms with Crippen molar-refractivity contribution in [2.24, 2.45) is 0 Å². The van der Waals surface area contributed by atoms with Crippen LogP contribution in [0.15, 0.2) is 36.7 Å². The summed E-state index contributed by atoms with van der Waals surface area (Å²) in [4.78, 5) is 18.4. The first kappa shape index (κ1) is 16.7. The highest BCUT2D eigenvalue weighted by Gasteiger charge is 2.09. The minimum Gasteiger partial charge on any atom is -0.491 e. The minimum atomic E-state index is -1.13. The maximum absolute atomic E-state index is 10.7. The number of carbonyl (C=O) groups is 1. The van der Waals surface area contributed by atoms with E-state index < -0.39 is 12.1 Å². The smallest absolute Gasteiger partial charge is 0.356 e. The molecule has 0 radical (unpaired) electrons. The molecule has 0 aliphatic rings. The molecular formula is C16H19N3O4. The van der Waals surface area contributed by atoms with Gasteiger partial charge in [0, 0.05) is 6.54 Å². The van der Waals surface area contributed by atoms with Gasteiger partial charge in [0.15, 0.2) is 5.69 Å². The maximum Gasteiger partial charge on any atom is 0.356 e. The molecule has 1 aromatic heterocycles. The number of nitrogens with zero attached hydrogens (tertiary/aromatic N) is 2. The molecule has 23 heavy (non-hydrogen) atoms. The van der Waals surface area contributed by atoms with Crippen LogP contribution in [0.4, 0.5) is 5.82 Å². The molecule has 0 aliphatic heterocycles. The van der Waals surface area contributed by atoms with Crippen molar-refractivity contribution >= 4 is 11.8 Å². The fraction of sp³-hybridized carbons (Fsp3) is 0.312. The lowest BCUT2D eigenvalue weighted by Gasteiger charge is -2.14. The molecule has 0 saturated carbocycles. The first-order chi connectivity index (χ1) is 11.0. The van der Waals surface area contributed by atoms with Crippen LogP contribution in [0.2, 0.25) is 0 Å². The van der Waals surface area contributed by atoms with Gasteiger partial charge in [-0.05, 0) is 31.5 Å². The number of aromatic nitrogens is 2. The molecule has 1 heterocycles. The maximum atomic E-state index is 10.7. The lowest BCUT2D eigenvalue weighted by Crippen LogP contribution is -2.14. The number of aliphatic hydroxyl groups excluding tert-OH is 1. The lowest BCUT2D eigenvalue weighted by molar-refractivity contribution is 0.0690. The number of hydrogen-bond acceptors (Lipinski definition) is 6. The summed E-state index contributed by atoms with van der Waals surface area (Å²) in [6.07, 6.45) is 1.84. The van der Waals surface area contributed by atoms with Crippen LogP contribution in [0.25, 0.3) is 0 Å². The normalized spacial score (nSPS) is 12.0. The second-order valence-electron chi connectivity index (χ2n) is 5.22. The number of anilines is 1. The van der Waals surface area contributed by atoms with Gasteiger partial charge in [0.25, 0.3) is 0 Å². The molecule has 2 aromatic rings. The van der Waals surface area contributed by atoms with E-state index in [2.05, 4.69) is 15.3 Å². The Morgan fingerprint density at radius 3 is 2.43 bits per heavy atom. The molecule has 0 fully saturated rings. The average Bonchev–Trinajstić information content (AvgIpc) is 2.53. The third kappa shape index (κ3) is 4.93. The van der Waals surface area contributed by atoms with Crippen LogP contribution in [0, 0.1) is 0 Å². The molecule has 7 nitrogen and oxygen atoms in total. The van der Waals surface area contributed by atoms with Crippen molar-refractivity contribution in [3.8, 4) is 5.75 Å². The Hall–Kier alpha value is -2.67. The van der Waals surface area contributed by atoms with E-state index in [0.29, 0.717) is 5.82 Å². The number of aromatic carboxylic acids is 1. The Labute approximate surface area is 134 Å². The zero-order valence-corrected chi connectivity index (χ0v) is 12.9. The fourth-order valence-corrected chi connectivity index (χ4v) is 1.89. The third-order valence-corrected chi connectivity index (χ3v) is 2.98. The fourth-order valence-electron chi connectivity index (χ4n) is 1.89. The number of ether oxygens (including phenoxy) is 1. The van der Waals surface area contributed by atoms with E-state index >= 15 is 0 Å². The Morgan fingerprint density at radius 1 is 1.22 bits per heavy atom. The second-order valence-corrected chi connectivity index (χ2v) is 5.22. The van der Waals surface area contributed by atoms with Crippen molar-refractivity contribution in [2.45, 2.75) is 26.1 Å².